The number of piperidine rings is 1. The molecule has 1 N–H and O–H groups in total. The molecule has 1 amide bonds. The molecule has 6 heteroatoms. The second-order valence-electron chi connectivity index (χ2n) is 7.87. The van der Waals surface area contributed by atoms with Crippen LogP contribution in [0.4, 0.5) is 0 Å². The second kappa shape index (κ2) is 10.7. The van der Waals surface area contributed by atoms with Gasteiger partial charge in [0.05, 0.1) is 18.8 Å². The van der Waals surface area contributed by atoms with E-state index in [0.717, 1.165) is 18.7 Å². The van der Waals surface area contributed by atoms with Crippen LogP contribution in [0.15, 0.2) is 72.9 Å². The molecular weight excluding hydrogens is 386 g/mol. The molecule has 0 aliphatic carbocycles. The molecule has 160 valence electrons. The predicted octanol–water partition coefficient (Wildman–Crippen LogP) is 3.95. The Morgan fingerprint density at radius 2 is 1.71 bits per heavy atom. The SMILES string of the molecule is O=C(NC[C@@H](c1ccccc1)N1CCCCC1)c1cn(C/C=C/c2ccccc2)nn1. The average molecular weight is 416 g/mol. The summed E-state index contributed by atoms with van der Waals surface area (Å²) in [5.41, 5.74) is 2.71. The van der Waals surface area contributed by atoms with Gasteiger partial charge < -0.3 is 5.32 Å². The standard InChI is InChI=1S/C25H29N5O/c31-25(23-20-30(28-27-23)18-10-13-21-11-4-1-5-12-21)26-19-24(22-14-6-2-7-15-22)29-16-8-3-9-17-29/h1-2,4-7,10-15,20,24H,3,8-9,16-19H2,(H,26,31)/b13-10+/t24-/m0/s1. The van der Waals surface area contributed by atoms with Crippen LogP contribution in [0.5, 0.6) is 0 Å². The molecule has 1 aliphatic rings. The van der Waals surface area contributed by atoms with Crippen molar-refractivity contribution in [1.82, 2.24) is 25.2 Å². The van der Waals surface area contributed by atoms with E-state index in [2.05, 4.69) is 44.8 Å². The van der Waals surface area contributed by atoms with E-state index in [-0.39, 0.29) is 11.9 Å². The Morgan fingerprint density at radius 3 is 2.45 bits per heavy atom. The number of benzene rings is 2. The minimum atomic E-state index is -0.184. The number of hydrogen-bond donors (Lipinski definition) is 1. The van der Waals surface area contributed by atoms with Crippen molar-refractivity contribution in [2.45, 2.75) is 31.8 Å². The maximum absolute atomic E-state index is 12.7. The van der Waals surface area contributed by atoms with Gasteiger partial charge in [0.25, 0.3) is 5.91 Å². The first kappa shape index (κ1) is 21.0. The molecule has 2 aromatic carbocycles. The number of nitrogens with one attached hydrogen (secondary N) is 1. The van der Waals surface area contributed by atoms with Gasteiger partial charge in [-0.15, -0.1) is 5.10 Å². The van der Waals surface area contributed by atoms with Crippen LogP contribution >= 0.6 is 0 Å². The molecular formula is C25H29N5O. The number of carbonyl (C=O) groups is 1. The fourth-order valence-electron chi connectivity index (χ4n) is 4.00. The number of allylic oxidation sites excluding steroid dienone is 1. The molecule has 1 fully saturated rings. The average Bonchev–Trinajstić information content (AvgIpc) is 3.30. The van der Waals surface area contributed by atoms with E-state index < -0.39 is 0 Å². The molecule has 0 spiro atoms. The smallest absolute Gasteiger partial charge is 0.273 e. The van der Waals surface area contributed by atoms with Crippen LogP contribution in [0, 0.1) is 0 Å². The topological polar surface area (TPSA) is 63.1 Å². The lowest BCUT2D eigenvalue weighted by atomic mass is 10.0. The van der Waals surface area contributed by atoms with Gasteiger partial charge in [-0.2, -0.15) is 0 Å². The van der Waals surface area contributed by atoms with Crippen LogP contribution in [-0.2, 0) is 6.54 Å². The van der Waals surface area contributed by atoms with Crippen LogP contribution in [0.25, 0.3) is 6.08 Å². The van der Waals surface area contributed by atoms with Crippen molar-refractivity contribution in [3.63, 3.8) is 0 Å². The van der Waals surface area contributed by atoms with E-state index >= 15 is 0 Å². The van der Waals surface area contributed by atoms with Gasteiger partial charge in [0, 0.05) is 6.54 Å². The lowest BCUT2D eigenvalue weighted by Crippen LogP contribution is -2.40. The molecule has 4 rings (SSSR count). The zero-order valence-corrected chi connectivity index (χ0v) is 17.7. The van der Waals surface area contributed by atoms with Crippen LogP contribution in [0.2, 0.25) is 0 Å². The summed E-state index contributed by atoms with van der Waals surface area (Å²) in [5.74, 6) is -0.184. The summed E-state index contributed by atoms with van der Waals surface area (Å²) in [5, 5.41) is 11.2. The van der Waals surface area contributed by atoms with Gasteiger partial charge in [0.2, 0.25) is 0 Å². The van der Waals surface area contributed by atoms with E-state index in [0.29, 0.717) is 18.8 Å². The van der Waals surface area contributed by atoms with Gasteiger partial charge in [-0.05, 0) is 37.1 Å². The van der Waals surface area contributed by atoms with Crippen molar-refractivity contribution >= 4 is 12.0 Å². The van der Waals surface area contributed by atoms with Crippen molar-refractivity contribution in [1.29, 1.82) is 0 Å². The molecule has 1 aliphatic heterocycles. The molecule has 1 atom stereocenters. The first-order valence-corrected chi connectivity index (χ1v) is 11.0. The monoisotopic (exact) mass is 415 g/mol. The molecule has 0 unspecified atom stereocenters. The molecule has 0 radical (unpaired) electrons. The highest BCUT2D eigenvalue weighted by atomic mass is 16.2. The molecule has 0 bridgehead atoms. The third-order valence-electron chi connectivity index (χ3n) is 5.65. The van der Waals surface area contributed by atoms with E-state index in [4.69, 9.17) is 0 Å². The van der Waals surface area contributed by atoms with Gasteiger partial charge in [0.15, 0.2) is 5.69 Å². The van der Waals surface area contributed by atoms with E-state index in [9.17, 15) is 4.79 Å². The Bertz CT molecular complexity index is 977. The lowest BCUT2D eigenvalue weighted by molar-refractivity contribution is 0.0919. The Labute approximate surface area is 183 Å². The van der Waals surface area contributed by atoms with Crippen LogP contribution in [-0.4, -0.2) is 45.4 Å². The number of hydrogen-bond acceptors (Lipinski definition) is 4. The summed E-state index contributed by atoms with van der Waals surface area (Å²) in [6.45, 7) is 3.26. The predicted molar refractivity (Wildman–Crippen MR) is 122 cm³/mol. The number of likely N-dealkylation sites (tertiary alicyclic amines) is 1. The number of carbonyl (C=O) groups excluding carboxylic acids is 1. The zero-order valence-electron chi connectivity index (χ0n) is 17.7. The lowest BCUT2D eigenvalue weighted by Gasteiger charge is -2.35. The van der Waals surface area contributed by atoms with Gasteiger partial charge >= 0.3 is 0 Å². The maximum Gasteiger partial charge on any atom is 0.273 e. The summed E-state index contributed by atoms with van der Waals surface area (Å²) in [6.07, 6.45) is 9.44. The number of nitrogens with zero attached hydrogens (tertiary/aromatic N) is 4. The van der Waals surface area contributed by atoms with Crippen LogP contribution in [0.3, 0.4) is 0 Å². The number of amides is 1. The summed E-state index contributed by atoms with van der Waals surface area (Å²) in [6, 6.07) is 20.7. The van der Waals surface area contributed by atoms with E-state index in [1.165, 1.54) is 24.8 Å². The summed E-state index contributed by atoms with van der Waals surface area (Å²) in [4.78, 5) is 15.2. The highest BCUT2D eigenvalue weighted by Gasteiger charge is 2.23. The van der Waals surface area contributed by atoms with Gasteiger partial charge in [-0.25, -0.2) is 4.68 Å². The molecule has 1 saturated heterocycles. The first-order chi connectivity index (χ1) is 15.3. The highest BCUT2D eigenvalue weighted by molar-refractivity contribution is 5.91. The fourth-order valence-corrected chi connectivity index (χ4v) is 4.00. The normalized spacial score (nSPS) is 15.7. The number of aromatic nitrogens is 3. The highest BCUT2D eigenvalue weighted by Crippen LogP contribution is 2.24. The van der Waals surface area contributed by atoms with Gasteiger partial charge in [-0.1, -0.05) is 84.4 Å². The summed E-state index contributed by atoms with van der Waals surface area (Å²) in [7, 11) is 0. The molecule has 2 heterocycles. The van der Waals surface area contributed by atoms with Crippen LogP contribution < -0.4 is 5.32 Å². The fraction of sp³-hybridized carbons (Fsp3) is 0.320. The quantitative estimate of drug-likeness (QED) is 0.605. The Hall–Kier alpha value is -3.25. The van der Waals surface area contributed by atoms with E-state index in [1.54, 1.807) is 10.9 Å². The summed E-state index contributed by atoms with van der Waals surface area (Å²) >= 11 is 0. The zero-order chi connectivity index (χ0) is 21.3. The third kappa shape index (κ3) is 5.89. The summed E-state index contributed by atoms with van der Waals surface area (Å²) < 4.78 is 1.67. The van der Waals surface area contributed by atoms with Crippen LogP contribution in [0.1, 0.15) is 46.9 Å². The third-order valence-corrected chi connectivity index (χ3v) is 5.65. The van der Waals surface area contributed by atoms with Crippen molar-refractivity contribution < 1.29 is 4.79 Å². The van der Waals surface area contributed by atoms with E-state index in [1.807, 2.05) is 48.6 Å². The van der Waals surface area contributed by atoms with Crippen molar-refractivity contribution in [3.05, 3.63) is 89.8 Å². The Kier molecular flexibility index (Phi) is 7.24. The first-order valence-electron chi connectivity index (χ1n) is 11.0. The molecule has 31 heavy (non-hydrogen) atoms. The minimum absolute atomic E-state index is 0.175. The minimum Gasteiger partial charge on any atom is -0.349 e. The van der Waals surface area contributed by atoms with Crippen molar-refractivity contribution in [3.8, 4) is 0 Å². The molecule has 0 saturated carbocycles. The maximum atomic E-state index is 12.7. The molecule has 1 aromatic heterocycles. The van der Waals surface area contributed by atoms with Crippen molar-refractivity contribution in [2.24, 2.45) is 0 Å². The largest absolute Gasteiger partial charge is 0.349 e. The Balaban J connectivity index is 1.35. The molecule has 3 aromatic rings. The number of rotatable bonds is 8. The van der Waals surface area contributed by atoms with Crippen molar-refractivity contribution in [2.75, 3.05) is 19.6 Å². The molecule has 6 nitrogen and oxygen atoms in total. The van der Waals surface area contributed by atoms with Gasteiger partial charge in [0.1, 0.15) is 0 Å². The second-order valence-corrected chi connectivity index (χ2v) is 7.87. The Morgan fingerprint density at radius 1 is 1.00 bits per heavy atom. The van der Waals surface area contributed by atoms with Gasteiger partial charge in [-0.3, -0.25) is 9.69 Å².